The quantitative estimate of drug-likeness (QED) is 0.187. The van der Waals surface area contributed by atoms with Crippen molar-refractivity contribution in [2.24, 2.45) is 0 Å². The van der Waals surface area contributed by atoms with E-state index in [0.717, 1.165) is 34.1 Å². The molecule has 0 saturated heterocycles. The van der Waals surface area contributed by atoms with Crippen LogP contribution in [-0.4, -0.2) is 4.98 Å². The molecule has 0 spiro atoms. The van der Waals surface area contributed by atoms with E-state index < -0.39 is 0 Å². The smallest absolute Gasteiger partial charge is 0.176 e. The van der Waals surface area contributed by atoms with Crippen LogP contribution in [0.2, 0.25) is 0 Å². The van der Waals surface area contributed by atoms with E-state index in [9.17, 15) is 0 Å². The zero-order chi connectivity index (χ0) is 20.9. The van der Waals surface area contributed by atoms with Crippen molar-refractivity contribution in [3.63, 3.8) is 0 Å². The van der Waals surface area contributed by atoms with E-state index in [1.807, 2.05) is 108 Å². The van der Waals surface area contributed by atoms with Crippen LogP contribution in [0.3, 0.4) is 0 Å². The van der Waals surface area contributed by atoms with Gasteiger partial charge in [0.15, 0.2) is 6.20 Å². The van der Waals surface area contributed by atoms with Gasteiger partial charge in [-0.15, -0.1) is 48.0 Å². The average Bonchev–Trinajstić information content (AvgIpc) is 2.86. The van der Waals surface area contributed by atoms with E-state index >= 15 is 0 Å². The Kier molecular flexibility index (Phi) is 6.89. The van der Waals surface area contributed by atoms with Crippen LogP contribution in [0.4, 0.5) is 17.2 Å². The summed E-state index contributed by atoms with van der Waals surface area (Å²) in [5.41, 5.74) is 4.66. The number of hydrogen-bond donors (Lipinski definition) is 0. The third-order valence-electron chi connectivity index (χ3n) is 4.88. The first-order chi connectivity index (χ1) is 15.4. The van der Waals surface area contributed by atoms with Gasteiger partial charge in [0.05, 0.1) is 6.20 Å². The molecule has 3 aromatic carbocycles. The molecule has 0 N–H and O–H groups in total. The third kappa shape index (κ3) is 4.69. The maximum absolute atomic E-state index is 4.96. The van der Waals surface area contributed by atoms with Gasteiger partial charge in [-0.05, 0) is 23.9 Å². The molecule has 158 valence electrons. The molecule has 0 saturated carbocycles. The Balaban J connectivity index is 0.00000245. The SMILES string of the molecule is [Pt].[c-]1ccccc1-c1cccc(N(c2[c-][n+](-c3[c-]cccc3)ccc2)c2ccccc2)n1. The molecule has 32 heavy (non-hydrogen) atoms. The Morgan fingerprint density at radius 2 is 1.47 bits per heavy atom. The number of hydrogen-bond acceptors (Lipinski definition) is 2. The van der Waals surface area contributed by atoms with E-state index in [0.29, 0.717) is 0 Å². The number of rotatable bonds is 5. The normalized spacial score (nSPS) is 10.2. The van der Waals surface area contributed by atoms with Crippen molar-refractivity contribution >= 4 is 17.2 Å². The first kappa shape index (κ1) is 21.7. The van der Waals surface area contributed by atoms with Crippen molar-refractivity contribution in [1.29, 1.82) is 0 Å². The molecule has 4 heteroatoms. The largest absolute Gasteiger partial charge is 0.308 e. The summed E-state index contributed by atoms with van der Waals surface area (Å²) in [6.45, 7) is 0. The van der Waals surface area contributed by atoms with Gasteiger partial charge in [0.2, 0.25) is 0 Å². The fourth-order valence-electron chi connectivity index (χ4n) is 3.44. The summed E-state index contributed by atoms with van der Waals surface area (Å²) >= 11 is 0. The van der Waals surface area contributed by atoms with Crippen LogP contribution in [0.1, 0.15) is 0 Å². The molecule has 0 amide bonds. The minimum absolute atomic E-state index is 0. The van der Waals surface area contributed by atoms with Gasteiger partial charge in [-0.25, -0.2) is 0 Å². The van der Waals surface area contributed by atoms with E-state index in [-0.39, 0.29) is 21.1 Å². The Bertz CT molecular complexity index is 1190. The molecule has 5 rings (SSSR count). The predicted molar refractivity (Wildman–Crippen MR) is 122 cm³/mol. The number of nitrogens with zero attached hydrogens (tertiary/aromatic N) is 3. The Labute approximate surface area is 202 Å². The van der Waals surface area contributed by atoms with Crippen LogP contribution in [0, 0.1) is 18.3 Å². The number of aromatic nitrogens is 2. The molecule has 0 unspecified atom stereocenters. The van der Waals surface area contributed by atoms with Crippen LogP contribution in [0.15, 0.2) is 115 Å². The Morgan fingerprint density at radius 3 is 2.22 bits per heavy atom. The summed E-state index contributed by atoms with van der Waals surface area (Å²) in [5, 5.41) is 0. The second kappa shape index (κ2) is 10.2. The van der Waals surface area contributed by atoms with Crippen LogP contribution in [0.5, 0.6) is 0 Å². The van der Waals surface area contributed by atoms with E-state index in [1.165, 1.54) is 0 Å². The first-order valence-corrected chi connectivity index (χ1v) is 10.1. The summed E-state index contributed by atoms with van der Waals surface area (Å²) < 4.78 is 1.94. The minimum Gasteiger partial charge on any atom is -0.308 e. The second-order valence-corrected chi connectivity index (χ2v) is 6.95. The number of benzene rings is 3. The number of pyridine rings is 2. The van der Waals surface area contributed by atoms with Gasteiger partial charge >= 0.3 is 0 Å². The van der Waals surface area contributed by atoms with Crippen molar-refractivity contribution in [1.82, 2.24) is 4.98 Å². The second-order valence-electron chi connectivity index (χ2n) is 6.95. The van der Waals surface area contributed by atoms with Gasteiger partial charge in [0, 0.05) is 38.1 Å². The zero-order valence-electron chi connectivity index (χ0n) is 17.1. The molecule has 0 atom stereocenters. The molecule has 0 fully saturated rings. The Morgan fingerprint density at radius 1 is 0.688 bits per heavy atom. The molecule has 0 aliphatic rings. The van der Waals surface area contributed by atoms with E-state index in [1.54, 1.807) is 0 Å². The molecule has 2 aromatic heterocycles. The molecular weight excluding hydrogens is 573 g/mol. The summed E-state index contributed by atoms with van der Waals surface area (Å²) in [5.74, 6) is 0.812. The van der Waals surface area contributed by atoms with Crippen molar-refractivity contribution < 1.29 is 25.6 Å². The van der Waals surface area contributed by atoms with Gasteiger partial charge < -0.3 is 9.47 Å². The van der Waals surface area contributed by atoms with E-state index in [4.69, 9.17) is 4.98 Å². The molecule has 2 heterocycles. The monoisotopic (exact) mass is 592 g/mol. The average molecular weight is 593 g/mol. The van der Waals surface area contributed by atoms with E-state index in [2.05, 4.69) is 35.4 Å². The number of anilines is 3. The zero-order valence-corrected chi connectivity index (χ0v) is 19.4. The first-order valence-electron chi connectivity index (χ1n) is 10.1. The minimum atomic E-state index is 0. The molecule has 3 nitrogen and oxygen atoms in total. The fraction of sp³-hybridized carbons (Fsp3) is 0. The maximum atomic E-state index is 4.96. The Hall–Kier alpha value is -3.55. The van der Waals surface area contributed by atoms with Gasteiger partial charge in [-0.3, -0.25) is 4.98 Å². The topological polar surface area (TPSA) is 20.0 Å². The molecule has 0 aliphatic carbocycles. The summed E-state index contributed by atoms with van der Waals surface area (Å²) in [4.78, 5) is 7.06. The van der Waals surface area contributed by atoms with Crippen LogP contribution >= 0.6 is 0 Å². The molecular formula is C28H19N3Pt-2. The van der Waals surface area contributed by atoms with Crippen molar-refractivity contribution in [2.45, 2.75) is 0 Å². The third-order valence-corrected chi connectivity index (χ3v) is 4.88. The van der Waals surface area contributed by atoms with Crippen LogP contribution in [0.25, 0.3) is 16.9 Å². The maximum Gasteiger partial charge on any atom is 0.176 e. The summed E-state index contributed by atoms with van der Waals surface area (Å²) in [6.07, 6.45) is 5.45. The molecule has 5 aromatic rings. The van der Waals surface area contributed by atoms with Gasteiger partial charge in [-0.1, -0.05) is 36.4 Å². The fourth-order valence-corrected chi connectivity index (χ4v) is 3.44. The van der Waals surface area contributed by atoms with Crippen molar-refractivity contribution in [3.05, 3.63) is 134 Å². The van der Waals surface area contributed by atoms with Gasteiger partial charge in [0.25, 0.3) is 0 Å². The van der Waals surface area contributed by atoms with Gasteiger partial charge in [0.1, 0.15) is 5.82 Å². The predicted octanol–water partition coefficient (Wildman–Crippen LogP) is 5.89. The standard InChI is InChI=1S/C28H19N3.Pt/c1-4-12-23(13-5-1)27-19-10-20-28(29-27)31(25-16-8-3-9-17-25)26-18-11-21-30(22-26)24-14-6-2-7-15-24;/h1-12,14,16-21H;/q-2;. The van der Waals surface area contributed by atoms with Crippen LogP contribution < -0.4 is 9.47 Å². The molecule has 0 bridgehead atoms. The van der Waals surface area contributed by atoms with Gasteiger partial charge in [-0.2, -0.15) is 24.3 Å². The van der Waals surface area contributed by atoms with Crippen LogP contribution in [-0.2, 0) is 21.1 Å². The van der Waals surface area contributed by atoms with Crippen molar-refractivity contribution in [3.8, 4) is 16.9 Å². The number of para-hydroxylation sites is 2. The molecule has 0 radical (unpaired) electrons. The molecule has 0 aliphatic heterocycles. The van der Waals surface area contributed by atoms with Crippen molar-refractivity contribution in [2.75, 3.05) is 4.90 Å². The summed E-state index contributed by atoms with van der Waals surface area (Å²) in [6, 6.07) is 42.6. The summed E-state index contributed by atoms with van der Waals surface area (Å²) in [7, 11) is 0.